The van der Waals surface area contributed by atoms with Crippen molar-refractivity contribution in [3.05, 3.63) is 42.1 Å². The van der Waals surface area contributed by atoms with Crippen LogP contribution in [-0.4, -0.2) is 34.3 Å². The number of likely N-dealkylation sites (N-methyl/N-ethyl adjacent to an activating group) is 1. The van der Waals surface area contributed by atoms with Gasteiger partial charge in [0.25, 0.3) is 0 Å². The van der Waals surface area contributed by atoms with Gasteiger partial charge in [0.1, 0.15) is 0 Å². The standard InChI is InChI=1S/C17H22N2O/c1-5-19(6-2)17(3,4)16(20)14-10-9-13-8-7-11-18-15(13)12-14/h7-12H,5-6H2,1-4H3. The molecule has 2 rings (SSSR count). The summed E-state index contributed by atoms with van der Waals surface area (Å²) < 4.78 is 0. The molecule has 0 aliphatic rings. The van der Waals surface area contributed by atoms with E-state index in [9.17, 15) is 4.79 Å². The number of hydrogen-bond acceptors (Lipinski definition) is 3. The van der Waals surface area contributed by atoms with Crippen molar-refractivity contribution in [2.45, 2.75) is 33.2 Å². The molecule has 0 unspecified atom stereocenters. The summed E-state index contributed by atoms with van der Waals surface area (Å²) in [7, 11) is 0. The maximum atomic E-state index is 12.8. The fourth-order valence-corrected chi connectivity index (χ4v) is 2.72. The summed E-state index contributed by atoms with van der Waals surface area (Å²) in [5, 5.41) is 1.06. The molecule has 0 radical (unpaired) electrons. The first-order valence-corrected chi connectivity index (χ1v) is 7.15. The Morgan fingerprint density at radius 2 is 1.90 bits per heavy atom. The van der Waals surface area contributed by atoms with Crippen LogP contribution in [0.4, 0.5) is 0 Å². The smallest absolute Gasteiger partial charge is 0.182 e. The lowest BCUT2D eigenvalue weighted by molar-refractivity contribution is 0.0669. The summed E-state index contributed by atoms with van der Waals surface area (Å²) in [5.74, 6) is 0.147. The molecule has 1 aromatic heterocycles. The van der Waals surface area contributed by atoms with Gasteiger partial charge in [-0.2, -0.15) is 0 Å². The SMILES string of the molecule is CCN(CC)C(C)(C)C(=O)c1ccc2cccnc2c1. The highest BCUT2D eigenvalue weighted by molar-refractivity contribution is 6.04. The quantitative estimate of drug-likeness (QED) is 0.779. The zero-order valence-corrected chi connectivity index (χ0v) is 12.7. The van der Waals surface area contributed by atoms with Gasteiger partial charge >= 0.3 is 0 Å². The lowest BCUT2D eigenvalue weighted by Crippen LogP contribution is -2.49. The second-order valence-corrected chi connectivity index (χ2v) is 5.47. The molecule has 0 aliphatic heterocycles. The van der Waals surface area contributed by atoms with Gasteiger partial charge in [-0.05, 0) is 39.1 Å². The van der Waals surface area contributed by atoms with Crippen LogP contribution in [-0.2, 0) is 0 Å². The third-order valence-corrected chi connectivity index (χ3v) is 3.98. The molecule has 2 aromatic rings. The summed E-state index contributed by atoms with van der Waals surface area (Å²) in [4.78, 5) is 19.3. The van der Waals surface area contributed by atoms with E-state index in [4.69, 9.17) is 0 Å². The van der Waals surface area contributed by atoms with Gasteiger partial charge in [-0.25, -0.2) is 0 Å². The maximum absolute atomic E-state index is 12.8. The summed E-state index contributed by atoms with van der Waals surface area (Å²) in [5.41, 5.74) is 1.10. The minimum atomic E-state index is -0.494. The number of benzene rings is 1. The molecule has 1 aromatic carbocycles. The van der Waals surface area contributed by atoms with Crippen LogP contribution in [0.3, 0.4) is 0 Å². The molecule has 0 saturated carbocycles. The Labute approximate surface area is 120 Å². The molecule has 0 fully saturated rings. The molecule has 1 heterocycles. The summed E-state index contributed by atoms with van der Waals surface area (Å²) in [6.45, 7) is 9.87. The first-order valence-electron chi connectivity index (χ1n) is 7.15. The third-order valence-electron chi connectivity index (χ3n) is 3.98. The first-order chi connectivity index (χ1) is 9.50. The van der Waals surface area contributed by atoms with Crippen molar-refractivity contribution in [3.63, 3.8) is 0 Å². The minimum Gasteiger partial charge on any atom is -0.292 e. The van der Waals surface area contributed by atoms with Crippen LogP contribution in [0.5, 0.6) is 0 Å². The molecule has 0 aliphatic carbocycles. The minimum absolute atomic E-state index is 0.147. The Bertz CT molecular complexity index is 615. The Morgan fingerprint density at radius 3 is 2.55 bits per heavy atom. The summed E-state index contributed by atoms with van der Waals surface area (Å²) in [6.07, 6.45) is 1.76. The highest BCUT2D eigenvalue weighted by atomic mass is 16.1. The molecular weight excluding hydrogens is 248 g/mol. The zero-order valence-electron chi connectivity index (χ0n) is 12.7. The number of pyridine rings is 1. The van der Waals surface area contributed by atoms with E-state index in [1.54, 1.807) is 6.20 Å². The topological polar surface area (TPSA) is 33.2 Å². The third kappa shape index (κ3) is 2.59. The summed E-state index contributed by atoms with van der Waals surface area (Å²) in [6, 6.07) is 9.67. The second-order valence-electron chi connectivity index (χ2n) is 5.47. The van der Waals surface area contributed by atoms with E-state index in [2.05, 4.69) is 23.7 Å². The average molecular weight is 270 g/mol. The van der Waals surface area contributed by atoms with E-state index in [1.165, 1.54) is 0 Å². The van der Waals surface area contributed by atoms with Gasteiger partial charge in [0.05, 0.1) is 11.1 Å². The van der Waals surface area contributed by atoms with Crippen molar-refractivity contribution in [2.75, 3.05) is 13.1 Å². The predicted octanol–water partition coefficient (Wildman–Crippen LogP) is 3.54. The molecule has 3 nitrogen and oxygen atoms in total. The highest BCUT2D eigenvalue weighted by Crippen LogP contribution is 2.22. The van der Waals surface area contributed by atoms with Crippen molar-refractivity contribution in [2.24, 2.45) is 0 Å². The normalized spacial score (nSPS) is 12.1. The van der Waals surface area contributed by atoms with Crippen LogP contribution >= 0.6 is 0 Å². The number of ketones is 1. The van der Waals surface area contributed by atoms with Gasteiger partial charge in [0, 0.05) is 17.1 Å². The van der Waals surface area contributed by atoms with E-state index in [-0.39, 0.29) is 5.78 Å². The van der Waals surface area contributed by atoms with Crippen molar-refractivity contribution in [1.29, 1.82) is 0 Å². The Kier molecular flexibility index (Phi) is 4.19. The van der Waals surface area contributed by atoms with Crippen LogP contribution in [0.25, 0.3) is 10.9 Å². The van der Waals surface area contributed by atoms with Gasteiger partial charge in [-0.1, -0.05) is 32.0 Å². The van der Waals surface area contributed by atoms with Gasteiger partial charge in [0.15, 0.2) is 5.78 Å². The zero-order chi connectivity index (χ0) is 14.8. The van der Waals surface area contributed by atoms with Gasteiger partial charge in [-0.15, -0.1) is 0 Å². The van der Waals surface area contributed by atoms with Crippen LogP contribution in [0.15, 0.2) is 36.5 Å². The first kappa shape index (κ1) is 14.7. The molecular formula is C17H22N2O. The second kappa shape index (κ2) is 5.71. The number of fused-ring (bicyclic) bond motifs is 1. The number of rotatable bonds is 5. The molecule has 20 heavy (non-hydrogen) atoms. The highest BCUT2D eigenvalue weighted by Gasteiger charge is 2.33. The Balaban J connectivity index is 2.40. The van der Waals surface area contributed by atoms with E-state index < -0.39 is 5.54 Å². The molecule has 106 valence electrons. The van der Waals surface area contributed by atoms with Crippen LogP contribution < -0.4 is 0 Å². The average Bonchev–Trinajstić information content (AvgIpc) is 2.47. The predicted molar refractivity (Wildman–Crippen MR) is 83.1 cm³/mol. The molecule has 3 heteroatoms. The molecule has 0 atom stereocenters. The van der Waals surface area contributed by atoms with Crippen LogP contribution in [0.1, 0.15) is 38.1 Å². The monoisotopic (exact) mass is 270 g/mol. The van der Waals surface area contributed by atoms with Crippen molar-refractivity contribution >= 4 is 16.7 Å². The lowest BCUT2D eigenvalue weighted by Gasteiger charge is -2.35. The van der Waals surface area contributed by atoms with Gasteiger partial charge in [0.2, 0.25) is 0 Å². The molecule has 0 amide bonds. The largest absolute Gasteiger partial charge is 0.292 e. The van der Waals surface area contributed by atoms with Crippen molar-refractivity contribution in [3.8, 4) is 0 Å². The van der Waals surface area contributed by atoms with Crippen molar-refractivity contribution < 1.29 is 4.79 Å². The van der Waals surface area contributed by atoms with Gasteiger partial charge < -0.3 is 0 Å². The van der Waals surface area contributed by atoms with E-state index in [0.29, 0.717) is 0 Å². The Hall–Kier alpha value is -1.74. The number of hydrogen-bond donors (Lipinski definition) is 0. The number of aromatic nitrogens is 1. The van der Waals surface area contributed by atoms with E-state index in [0.717, 1.165) is 29.6 Å². The van der Waals surface area contributed by atoms with Crippen LogP contribution in [0.2, 0.25) is 0 Å². The van der Waals surface area contributed by atoms with Crippen molar-refractivity contribution in [1.82, 2.24) is 9.88 Å². The van der Waals surface area contributed by atoms with Crippen LogP contribution in [0, 0.1) is 0 Å². The fourth-order valence-electron chi connectivity index (χ4n) is 2.72. The number of carbonyl (C=O) groups excluding carboxylic acids is 1. The number of carbonyl (C=O) groups is 1. The molecule has 0 saturated heterocycles. The Morgan fingerprint density at radius 1 is 1.20 bits per heavy atom. The summed E-state index contributed by atoms with van der Waals surface area (Å²) >= 11 is 0. The van der Waals surface area contributed by atoms with E-state index >= 15 is 0 Å². The molecule has 0 bridgehead atoms. The number of nitrogens with zero attached hydrogens (tertiary/aromatic N) is 2. The maximum Gasteiger partial charge on any atom is 0.182 e. The molecule has 0 N–H and O–H groups in total. The molecule has 0 spiro atoms. The van der Waals surface area contributed by atoms with Gasteiger partial charge in [-0.3, -0.25) is 14.7 Å². The van der Waals surface area contributed by atoms with E-state index in [1.807, 2.05) is 44.2 Å². The number of Topliss-reactive ketones (excluding diaryl/α,β-unsaturated/α-hetero) is 1. The fraction of sp³-hybridized carbons (Fsp3) is 0.412. The lowest BCUT2D eigenvalue weighted by atomic mass is 9.90.